The molecule has 0 radical (unpaired) electrons. The third-order valence-corrected chi connectivity index (χ3v) is 7.09. The zero-order valence-electron chi connectivity index (χ0n) is 21.9. The molecule has 9 nitrogen and oxygen atoms in total. The van der Waals surface area contributed by atoms with Crippen LogP contribution in [0, 0.1) is 10.1 Å². The lowest BCUT2D eigenvalue weighted by molar-refractivity contribution is -0.384. The number of hydrogen-bond acceptors (Lipinski definition) is 8. The Morgan fingerprint density at radius 1 is 1.00 bits per heavy atom. The summed E-state index contributed by atoms with van der Waals surface area (Å²) in [7, 11) is 1.26. The molecule has 0 aliphatic carbocycles. The predicted octanol–water partition coefficient (Wildman–Crippen LogP) is 4.77. The van der Waals surface area contributed by atoms with E-state index in [1.807, 2.05) is 30.3 Å². The van der Waals surface area contributed by atoms with Crippen molar-refractivity contribution in [3.05, 3.63) is 98.4 Å². The summed E-state index contributed by atoms with van der Waals surface area (Å²) in [4.78, 5) is 40.2. The van der Waals surface area contributed by atoms with Gasteiger partial charge in [-0.3, -0.25) is 15.0 Å². The topological polar surface area (TPSA) is 111 Å². The van der Waals surface area contributed by atoms with Crippen molar-refractivity contribution in [1.29, 1.82) is 0 Å². The minimum atomic E-state index is -0.900. The average Bonchev–Trinajstić information content (AvgIpc) is 2.93. The number of esters is 2. The highest BCUT2D eigenvalue weighted by molar-refractivity contribution is 6.00. The molecule has 38 heavy (non-hydrogen) atoms. The lowest BCUT2D eigenvalue weighted by atomic mass is 9.80. The molecule has 200 valence electrons. The van der Waals surface area contributed by atoms with E-state index >= 15 is 0 Å². The minimum Gasteiger partial charge on any atom is -0.466 e. The third kappa shape index (κ3) is 5.94. The number of dihydropyridines is 1. The fourth-order valence-electron chi connectivity index (χ4n) is 5.24. The van der Waals surface area contributed by atoms with Gasteiger partial charge in [-0.25, -0.2) is 9.59 Å². The van der Waals surface area contributed by atoms with Gasteiger partial charge in [0.15, 0.2) is 0 Å². The Balaban J connectivity index is 1.74. The van der Waals surface area contributed by atoms with E-state index < -0.39 is 28.9 Å². The summed E-state index contributed by atoms with van der Waals surface area (Å²) in [5, 5.41) is 14.6. The Morgan fingerprint density at radius 2 is 1.66 bits per heavy atom. The molecular formula is C29H33N3O6. The van der Waals surface area contributed by atoms with E-state index in [0.717, 1.165) is 31.5 Å². The molecule has 0 bridgehead atoms. The van der Waals surface area contributed by atoms with Crippen LogP contribution >= 0.6 is 0 Å². The Bertz CT molecular complexity index is 1260. The number of hydrogen-bond donors (Lipinski definition) is 1. The number of benzene rings is 2. The quantitative estimate of drug-likeness (QED) is 0.302. The van der Waals surface area contributed by atoms with Gasteiger partial charge < -0.3 is 14.8 Å². The van der Waals surface area contributed by atoms with Crippen molar-refractivity contribution in [2.24, 2.45) is 0 Å². The minimum absolute atomic E-state index is 0.138. The third-order valence-electron chi connectivity index (χ3n) is 7.09. The van der Waals surface area contributed by atoms with Crippen molar-refractivity contribution in [1.82, 2.24) is 10.2 Å². The van der Waals surface area contributed by atoms with E-state index in [2.05, 4.69) is 10.2 Å². The van der Waals surface area contributed by atoms with E-state index in [9.17, 15) is 19.7 Å². The van der Waals surface area contributed by atoms with Crippen LogP contribution < -0.4 is 5.32 Å². The van der Waals surface area contributed by atoms with Gasteiger partial charge in [0.2, 0.25) is 0 Å². The largest absolute Gasteiger partial charge is 0.466 e. The first-order chi connectivity index (χ1) is 18.3. The molecule has 2 heterocycles. The monoisotopic (exact) mass is 519 g/mol. The summed E-state index contributed by atoms with van der Waals surface area (Å²) in [5.74, 6) is -2.12. The van der Waals surface area contributed by atoms with Gasteiger partial charge in [0, 0.05) is 30.1 Å². The van der Waals surface area contributed by atoms with Gasteiger partial charge in [-0.2, -0.15) is 0 Å². The van der Waals surface area contributed by atoms with E-state index in [4.69, 9.17) is 9.47 Å². The zero-order chi connectivity index (χ0) is 27.2. The van der Waals surface area contributed by atoms with Crippen LogP contribution in [-0.2, 0) is 19.1 Å². The SMILES string of the molecule is COC(=O)C1=C(C)NC(C)=C(C(=O)O[C@H](CN2CCCCC2)c2ccccc2)[C@H]1c1cccc([N+](=O)[O-])c1. The Labute approximate surface area is 222 Å². The number of methoxy groups -OCH3 is 1. The first-order valence-electron chi connectivity index (χ1n) is 12.8. The molecule has 2 aliphatic rings. The molecule has 1 saturated heterocycles. The highest BCUT2D eigenvalue weighted by atomic mass is 16.6. The van der Waals surface area contributed by atoms with Crippen LogP contribution in [0.5, 0.6) is 0 Å². The normalized spacial score (nSPS) is 19.0. The lowest BCUT2D eigenvalue weighted by Crippen LogP contribution is -2.36. The van der Waals surface area contributed by atoms with Crippen LogP contribution in [0.1, 0.15) is 56.3 Å². The first-order valence-corrected chi connectivity index (χ1v) is 12.8. The molecule has 0 amide bonds. The number of nitrogens with zero attached hydrogens (tertiary/aromatic N) is 2. The molecule has 0 aromatic heterocycles. The molecule has 9 heteroatoms. The standard InChI is InChI=1S/C29H33N3O6/c1-19-25(28(33)37-3)27(22-13-10-14-23(17-22)32(35)36)26(20(2)30-19)29(34)38-24(21-11-6-4-7-12-21)18-31-15-8-5-9-16-31/h4,6-7,10-14,17,24,27,30H,5,8-9,15-16,18H2,1-3H3/t24-,27+/m1/s1. The van der Waals surface area contributed by atoms with Gasteiger partial charge in [-0.05, 0) is 50.9 Å². The number of allylic oxidation sites excluding steroid dienone is 2. The Kier molecular flexibility index (Phi) is 8.58. The van der Waals surface area contributed by atoms with Gasteiger partial charge in [-0.15, -0.1) is 0 Å². The van der Waals surface area contributed by atoms with Gasteiger partial charge in [0.1, 0.15) is 6.10 Å². The van der Waals surface area contributed by atoms with E-state index in [1.165, 1.54) is 25.7 Å². The number of non-ortho nitro benzene ring substituents is 1. The van der Waals surface area contributed by atoms with E-state index in [-0.39, 0.29) is 16.8 Å². The maximum atomic E-state index is 14.0. The molecule has 2 aliphatic heterocycles. The van der Waals surface area contributed by atoms with Crippen LogP contribution in [0.15, 0.2) is 77.1 Å². The van der Waals surface area contributed by atoms with Crippen LogP contribution in [-0.4, -0.2) is 48.5 Å². The number of nitrogens with one attached hydrogen (secondary N) is 1. The highest BCUT2D eigenvalue weighted by Crippen LogP contribution is 2.40. The average molecular weight is 520 g/mol. The number of carbonyl (C=O) groups excluding carboxylic acids is 2. The summed E-state index contributed by atoms with van der Waals surface area (Å²) >= 11 is 0. The molecule has 1 fully saturated rings. The molecule has 2 aromatic carbocycles. The first kappa shape index (κ1) is 27.1. The van der Waals surface area contributed by atoms with Crippen LogP contribution in [0.3, 0.4) is 0 Å². The van der Waals surface area contributed by atoms with Crippen molar-refractivity contribution in [3.63, 3.8) is 0 Å². The molecule has 4 rings (SSSR count). The fraction of sp³-hybridized carbons (Fsp3) is 0.379. The summed E-state index contributed by atoms with van der Waals surface area (Å²) in [5.41, 5.74) is 2.62. The zero-order valence-corrected chi connectivity index (χ0v) is 21.9. The highest BCUT2D eigenvalue weighted by Gasteiger charge is 2.39. The fourth-order valence-corrected chi connectivity index (χ4v) is 5.24. The number of nitro benzene ring substituents is 1. The number of ether oxygens (including phenoxy) is 2. The number of likely N-dealkylation sites (tertiary alicyclic amines) is 1. The number of rotatable bonds is 8. The number of carbonyl (C=O) groups is 2. The summed E-state index contributed by atoms with van der Waals surface area (Å²) in [6.07, 6.45) is 2.87. The number of piperidine rings is 1. The molecule has 0 unspecified atom stereocenters. The summed E-state index contributed by atoms with van der Waals surface area (Å²) in [6.45, 7) is 5.88. The van der Waals surface area contributed by atoms with Crippen LogP contribution in [0.4, 0.5) is 5.69 Å². The van der Waals surface area contributed by atoms with Crippen molar-refractivity contribution in [2.45, 2.75) is 45.1 Å². The molecule has 0 saturated carbocycles. The molecule has 2 aromatic rings. The molecular weight excluding hydrogens is 486 g/mol. The van der Waals surface area contributed by atoms with Gasteiger partial charge in [-0.1, -0.05) is 48.9 Å². The van der Waals surface area contributed by atoms with Crippen molar-refractivity contribution in [3.8, 4) is 0 Å². The Morgan fingerprint density at radius 3 is 2.29 bits per heavy atom. The summed E-state index contributed by atoms with van der Waals surface area (Å²) < 4.78 is 11.2. The lowest BCUT2D eigenvalue weighted by Gasteiger charge is -2.33. The second kappa shape index (κ2) is 12.0. The van der Waals surface area contributed by atoms with E-state index in [0.29, 0.717) is 23.5 Å². The molecule has 2 atom stereocenters. The van der Waals surface area contributed by atoms with Crippen molar-refractivity contribution >= 4 is 17.6 Å². The summed E-state index contributed by atoms with van der Waals surface area (Å²) in [6, 6.07) is 15.6. The van der Waals surface area contributed by atoms with Crippen LogP contribution in [0.2, 0.25) is 0 Å². The second-order valence-corrected chi connectivity index (χ2v) is 9.64. The van der Waals surface area contributed by atoms with Crippen molar-refractivity contribution < 1.29 is 24.0 Å². The maximum Gasteiger partial charge on any atom is 0.337 e. The second-order valence-electron chi connectivity index (χ2n) is 9.64. The molecule has 1 N–H and O–H groups in total. The number of nitro groups is 1. The van der Waals surface area contributed by atoms with Gasteiger partial charge in [0.25, 0.3) is 5.69 Å². The van der Waals surface area contributed by atoms with Crippen LogP contribution in [0.25, 0.3) is 0 Å². The smallest absolute Gasteiger partial charge is 0.337 e. The van der Waals surface area contributed by atoms with Gasteiger partial charge in [0.05, 0.1) is 29.1 Å². The van der Waals surface area contributed by atoms with Crippen molar-refractivity contribution in [2.75, 3.05) is 26.7 Å². The Hall–Kier alpha value is -3.98. The van der Waals surface area contributed by atoms with Gasteiger partial charge >= 0.3 is 11.9 Å². The van der Waals surface area contributed by atoms with E-state index in [1.54, 1.807) is 26.0 Å². The maximum absolute atomic E-state index is 14.0. The predicted molar refractivity (Wildman–Crippen MR) is 142 cm³/mol. The molecule has 0 spiro atoms.